The van der Waals surface area contributed by atoms with E-state index in [1.807, 2.05) is 0 Å². The van der Waals surface area contributed by atoms with Gasteiger partial charge in [0.1, 0.15) is 0 Å². The highest BCUT2D eigenvalue weighted by molar-refractivity contribution is 7.45. The average molecular weight is 438 g/mol. The number of carbonyl (C=O) groups is 1. The van der Waals surface area contributed by atoms with Gasteiger partial charge in [-0.15, -0.1) is 0 Å². The minimum atomic E-state index is -4.30. The minimum absolute atomic E-state index is 0.0845. The van der Waals surface area contributed by atoms with Crippen molar-refractivity contribution in [3.8, 4) is 0 Å². The van der Waals surface area contributed by atoms with Gasteiger partial charge in [-0.3, -0.25) is 4.57 Å². The maximum atomic E-state index is 11.5. The van der Waals surface area contributed by atoms with Crippen LogP contribution in [0.1, 0.15) is 90.4 Å². The standard InChI is InChI=1S/C20H43N2O6P/c1-2-3-4-5-6-7-8-9-10-11-12-13-16-22-20(23)26-17-14-18-27-29(24,25)28-19-15-21/h2-19,21H2,1H3,(H,22,23)(H,24,25)/p-1. The lowest BCUT2D eigenvalue weighted by molar-refractivity contribution is -0.225. The molecule has 0 saturated carbocycles. The van der Waals surface area contributed by atoms with Crippen LogP contribution in [0.5, 0.6) is 0 Å². The molecule has 0 bridgehead atoms. The van der Waals surface area contributed by atoms with Gasteiger partial charge in [0.25, 0.3) is 7.82 Å². The molecule has 0 heterocycles. The van der Waals surface area contributed by atoms with Gasteiger partial charge in [-0.05, 0) is 6.42 Å². The Morgan fingerprint density at radius 2 is 1.34 bits per heavy atom. The quantitative estimate of drug-likeness (QED) is 0.203. The predicted molar refractivity (Wildman–Crippen MR) is 114 cm³/mol. The molecule has 174 valence electrons. The van der Waals surface area contributed by atoms with Crippen molar-refractivity contribution in [1.29, 1.82) is 0 Å². The van der Waals surface area contributed by atoms with E-state index in [0.717, 1.165) is 12.8 Å². The fourth-order valence-corrected chi connectivity index (χ4v) is 3.57. The second kappa shape index (κ2) is 20.6. The summed E-state index contributed by atoms with van der Waals surface area (Å²) in [6, 6.07) is 0. The second-order valence-electron chi connectivity index (χ2n) is 7.21. The Balaban J connectivity index is 3.31. The van der Waals surface area contributed by atoms with Crippen LogP contribution in [0.2, 0.25) is 0 Å². The highest BCUT2D eigenvalue weighted by Crippen LogP contribution is 2.37. The third kappa shape index (κ3) is 21.9. The van der Waals surface area contributed by atoms with Crippen molar-refractivity contribution in [2.24, 2.45) is 5.73 Å². The van der Waals surface area contributed by atoms with Gasteiger partial charge in [-0.25, -0.2) is 4.79 Å². The molecule has 0 aromatic heterocycles. The Bertz CT molecular complexity index is 426. The van der Waals surface area contributed by atoms with E-state index in [2.05, 4.69) is 21.3 Å². The first-order valence-corrected chi connectivity index (χ1v) is 12.7. The summed E-state index contributed by atoms with van der Waals surface area (Å²) in [6.45, 7) is 2.81. The van der Waals surface area contributed by atoms with E-state index in [-0.39, 0.29) is 32.8 Å². The average Bonchev–Trinajstić information content (AvgIpc) is 2.69. The van der Waals surface area contributed by atoms with Gasteiger partial charge in [0.15, 0.2) is 0 Å². The third-order valence-corrected chi connectivity index (χ3v) is 5.44. The zero-order chi connectivity index (χ0) is 21.6. The molecule has 0 saturated heterocycles. The first kappa shape index (κ1) is 28.3. The number of unbranched alkanes of at least 4 members (excludes halogenated alkanes) is 11. The molecule has 0 aliphatic heterocycles. The maximum absolute atomic E-state index is 11.5. The van der Waals surface area contributed by atoms with E-state index in [9.17, 15) is 14.3 Å². The lowest BCUT2D eigenvalue weighted by Gasteiger charge is -2.22. The summed E-state index contributed by atoms with van der Waals surface area (Å²) in [5.41, 5.74) is 5.15. The molecular formula is C20H42N2O6P-. The molecule has 0 aliphatic rings. The van der Waals surface area contributed by atoms with Gasteiger partial charge in [0, 0.05) is 19.5 Å². The largest absolute Gasteiger partial charge is 0.756 e. The number of nitrogens with one attached hydrogen (secondary N) is 1. The van der Waals surface area contributed by atoms with Gasteiger partial charge in [-0.1, -0.05) is 77.6 Å². The number of rotatable bonds is 21. The normalized spacial score (nSPS) is 13.2. The molecule has 0 aromatic carbocycles. The molecular weight excluding hydrogens is 395 g/mol. The summed E-state index contributed by atoms with van der Waals surface area (Å²) in [4.78, 5) is 22.8. The summed E-state index contributed by atoms with van der Waals surface area (Å²) in [5.74, 6) is 0. The van der Waals surface area contributed by atoms with Crippen LogP contribution < -0.4 is 15.9 Å². The number of hydrogen-bond donors (Lipinski definition) is 2. The van der Waals surface area contributed by atoms with Crippen molar-refractivity contribution in [3.63, 3.8) is 0 Å². The van der Waals surface area contributed by atoms with E-state index in [1.165, 1.54) is 64.2 Å². The number of amides is 1. The van der Waals surface area contributed by atoms with E-state index in [1.54, 1.807) is 0 Å². The van der Waals surface area contributed by atoms with Crippen LogP contribution in [0.4, 0.5) is 4.79 Å². The molecule has 1 atom stereocenters. The minimum Gasteiger partial charge on any atom is -0.756 e. The Morgan fingerprint density at radius 1 is 0.828 bits per heavy atom. The monoisotopic (exact) mass is 437 g/mol. The van der Waals surface area contributed by atoms with Crippen molar-refractivity contribution in [3.05, 3.63) is 0 Å². The van der Waals surface area contributed by atoms with Gasteiger partial charge >= 0.3 is 6.09 Å². The van der Waals surface area contributed by atoms with E-state index in [0.29, 0.717) is 6.54 Å². The molecule has 29 heavy (non-hydrogen) atoms. The number of alkyl carbamates (subject to hydrolysis) is 1. The van der Waals surface area contributed by atoms with E-state index >= 15 is 0 Å². The molecule has 0 spiro atoms. The van der Waals surface area contributed by atoms with E-state index in [4.69, 9.17) is 10.5 Å². The summed E-state index contributed by atoms with van der Waals surface area (Å²) < 4.78 is 25.3. The molecule has 0 fully saturated rings. The zero-order valence-electron chi connectivity index (χ0n) is 18.2. The van der Waals surface area contributed by atoms with Crippen molar-refractivity contribution >= 4 is 13.9 Å². The molecule has 0 aliphatic carbocycles. The van der Waals surface area contributed by atoms with Crippen LogP contribution in [0.15, 0.2) is 0 Å². The third-order valence-electron chi connectivity index (χ3n) is 4.44. The number of nitrogens with two attached hydrogens (primary N) is 1. The van der Waals surface area contributed by atoms with Crippen molar-refractivity contribution in [2.45, 2.75) is 90.4 Å². The van der Waals surface area contributed by atoms with Gasteiger partial charge in [-0.2, -0.15) is 0 Å². The Hall–Kier alpha value is -0.660. The Labute approximate surface area is 176 Å². The number of hydrogen-bond acceptors (Lipinski definition) is 7. The molecule has 1 unspecified atom stereocenters. The molecule has 1 amide bonds. The van der Waals surface area contributed by atoms with Gasteiger partial charge < -0.3 is 29.7 Å². The lowest BCUT2D eigenvalue weighted by atomic mass is 10.1. The summed E-state index contributed by atoms with van der Waals surface area (Å²) >= 11 is 0. The Kier molecular flexibility index (Phi) is 20.1. The van der Waals surface area contributed by atoms with Crippen LogP contribution in [0, 0.1) is 0 Å². The number of carbonyl (C=O) groups excluding carboxylic acids is 1. The lowest BCUT2D eigenvalue weighted by Crippen LogP contribution is -2.26. The summed E-state index contributed by atoms with van der Waals surface area (Å²) in [7, 11) is -4.30. The second-order valence-corrected chi connectivity index (χ2v) is 8.62. The molecule has 0 rings (SSSR count). The van der Waals surface area contributed by atoms with Crippen LogP contribution in [0.3, 0.4) is 0 Å². The van der Waals surface area contributed by atoms with Crippen molar-refractivity contribution in [1.82, 2.24) is 5.32 Å². The fourth-order valence-electron chi connectivity index (χ4n) is 2.81. The van der Waals surface area contributed by atoms with Crippen molar-refractivity contribution in [2.75, 3.05) is 32.9 Å². The SMILES string of the molecule is CCCCCCCCCCCCCCNC(=O)OCCCOP(=O)([O-])OCCN. The summed E-state index contributed by atoms with van der Waals surface area (Å²) in [6.07, 6.45) is 15.1. The van der Waals surface area contributed by atoms with E-state index < -0.39 is 13.9 Å². The molecule has 8 nitrogen and oxygen atoms in total. The topological polar surface area (TPSA) is 123 Å². The Morgan fingerprint density at radius 3 is 1.90 bits per heavy atom. The first-order chi connectivity index (χ1) is 14.0. The van der Waals surface area contributed by atoms with Crippen LogP contribution in [0.25, 0.3) is 0 Å². The van der Waals surface area contributed by atoms with Gasteiger partial charge in [0.05, 0.1) is 19.8 Å². The maximum Gasteiger partial charge on any atom is 0.407 e. The molecule has 9 heteroatoms. The van der Waals surface area contributed by atoms with Crippen LogP contribution in [-0.4, -0.2) is 39.0 Å². The highest BCUT2D eigenvalue weighted by Gasteiger charge is 2.08. The van der Waals surface area contributed by atoms with Crippen LogP contribution >= 0.6 is 7.82 Å². The number of ether oxygens (including phenoxy) is 1. The molecule has 0 aromatic rings. The first-order valence-electron chi connectivity index (χ1n) is 11.2. The zero-order valence-corrected chi connectivity index (χ0v) is 19.1. The molecule has 3 N–H and O–H groups in total. The predicted octanol–water partition coefficient (Wildman–Crippen LogP) is 4.26. The number of phosphoric ester groups is 1. The smallest absolute Gasteiger partial charge is 0.407 e. The fraction of sp³-hybridized carbons (Fsp3) is 0.950. The number of phosphoric acid groups is 1. The van der Waals surface area contributed by atoms with Crippen molar-refractivity contribution < 1.29 is 28.0 Å². The summed E-state index contributed by atoms with van der Waals surface area (Å²) in [5, 5.41) is 2.70. The molecule has 0 radical (unpaired) electrons. The highest BCUT2D eigenvalue weighted by atomic mass is 31.2. The van der Waals surface area contributed by atoms with Gasteiger partial charge in [0.2, 0.25) is 0 Å². The van der Waals surface area contributed by atoms with Crippen LogP contribution in [-0.2, 0) is 18.3 Å².